The van der Waals surface area contributed by atoms with Gasteiger partial charge in [0, 0.05) is 12.3 Å². The number of hydrogen-bond donors (Lipinski definition) is 2. The number of rotatable bonds is 11. The first kappa shape index (κ1) is 19.4. The number of aliphatic carboxylic acids is 1. The van der Waals surface area contributed by atoms with Gasteiger partial charge in [0.15, 0.2) is 0 Å². The van der Waals surface area contributed by atoms with Gasteiger partial charge >= 0.3 is 11.9 Å². The van der Waals surface area contributed by atoms with Crippen LogP contribution in [0.15, 0.2) is 0 Å². The average Bonchev–Trinajstić information content (AvgIpc) is 2.42. The van der Waals surface area contributed by atoms with Gasteiger partial charge < -0.3 is 15.2 Å². The average molecular weight is 301 g/mol. The molecular formula is C15H27NO5. The smallest absolute Gasteiger partial charge is 0.326 e. The summed E-state index contributed by atoms with van der Waals surface area (Å²) >= 11 is 0. The zero-order valence-electron chi connectivity index (χ0n) is 13.2. The van der Waals surface area contributed by atoms with E-state index in [2.05, 4.69) is 5.32 Å². The zero-order valence-corrected chi connectivity index (χ0v) is 13.2. The molecule has 0 aliphatic rings. The first-order valence-corrected chi connectivity index (χ1v) is 7.64. The first-order chi connectivity index (χ1) is 9.96. The molecule has 0 bridgehead atoms. The summed E-state index contributed by atoms with van der Waals surface area (Å²) in [4.78, 5) is 34.6. The normalized spacial score (nSPS) is 12.0. The molecule has 1 amide bonds. The van der Waals surface area contributed by atoms with Gasteiger partial charge in [-0.1, -0.05) is 26.7 Å². The maximum absolute atomic E-state index is 12.1. The molecule has 6 heteroatoms. The molecule has 0 heterocycles. The van der Waals surface area contributed by atoms with Crippen molar-refractivity contribution in [1.82, 2.24) is 5.32 Å². The fourth-order valence-corrected chi connectivity index (χ4v) is 2.15. The SMILES string of the molecule is CCCC(CCC)C(=O)N[C@@H](CCC(=O)OCC)C(=O)O. The van der Waals surface area contributed by atoms with E-state index in [4.69, 9.17) is 9.84 Å². The Hall–Kier alpha value is -1.59. The molecule has 6 nitrogen and oxygen atoms in total. The number of hydrogen-bond acceptors (Lipinski definition) is 4. The Labute approximate surface area is 126 Å². The highest BCUT2D eigenvalue weighted by Crippen LogP contribution is 2.14. The molecule has 0 aromatic rings. The van der Waals surface area contributed by atoms with Crippen molar-refractivity contribution >= 4 is 17.8 Å². The minimum atomic E-state index is -1.13. The molecule has 0 saturated carbocycles. The lowest BCUT2D eigenvalue weighted by Gasteiger charge is -2.19. The van der Waals surface area contributed by atoms with E-state index in [0.717, 1.165) is 25.7 Å². The summed E-state index contributed by atoms with van der Waals surface area (Å²) in [6, 6.07) is -1.04. The number of nitrogens with one attached hydrogen (secondary N) is 1. The Kier molecular flexibility index (Phi) is 10.3. The van der Waals surface area contributed by atoms with Crippen LogP contribution in [0.5, 0.6) is 0 Å². The summed E-state index contributed by atoms with van der Waals surface area (Å²) in [5, 5.41) is 11.7. The number of amides is 1. The number of ether oxygens (including phenoxy) is 1. The molecular weight excluding hydrogens is 274 g/mol. The highest BCUT2D eigenvalue weighted by molar-refractivity contribution is 5.85. The molecule has 0 unspecified atom stereocenters. The monoisotopic (exact) mass is 301 g/mol. The lowest BCUT2D eigenvalue weighted by atomic mass is 9.96. The van der Waals surface area contributed by atoms with Crippen LogP contribution >= 0.6 is 0 Å². The second kappa shape index (κ2) is 11.1. The van der Waals surface area contributed by atoms with Crippen LogP contribution in [0.25, 0.3) is 0 Å². The van der Waals surface area contributed by atoms with Crippen LogP contribution in [-0.4, -0.2) is 35.6 Å². The van der Waals surface area contributed by atoms with Crippen molar-refractivity contribution < 1.29 is 24.2 Å². The van der Waals surface area contributed by atoms with E-state index in [1.165, 1.54) is 0 Å². The van der Waals surface area contributed by atoms with Crippen molar-refractivity contribution in [2.24, 2.45) is 5.92 Å². The van der Waals surface area contributed by atoms with E-state index >= 15 is 0 Å². The van der Waals surface area contributed by atoms with Crippen LogP contribution < -0.4 is 5.32 Å². The van der Waals surface area contributed by atoms with Gasteiger partial charge in [0.1, 0.15) is 6.04 Å². The van der Waals surface area contributed by atoms with Crippen molar-refractivity contribution in [1.29, 1.82) is 0 Å². The van der Waals surface area contributed by atoms with E-state index in [1.54, 1.807) is 6.92 Å². The Morgan fingerprint density at radius 2 is 1.62 bits per heavy atom. The molecule has 0 aromatic heterocycles. The van der Waals surface area contributed by atoms with E-state index in [1.807, 2.05) is 13.8 Å². The minimum absolute atomic E-state index is 0.0166. The fraction of sp³-hybridized carbons (Fsp3) is 0.800. The Morgan fingerprint density at radius 1 is 1.05 bits per heavy atom. The van der Waals surface area contributed by atoms with Gasteiger partial charge in [-0.2, -0.15) is 0 Å². The summed E-state index contributed by atoms with van der Waals surface area (Å²) in [5.74, 6) is -1.98. The van der Waals surface area contributed by atoms with Crippen LogP contribution in [0.4, 0.5) is 0 Å². The van der Waals surface area contributed by atoms with Gasteiger partial charge in [-0.15, -0.1) is 0 Å². The topological polar surface area (TPSA) is 92.7 Å². The molecule has 0 aromatic carbocycles. The maximum Gasteiger partial charge on any atom is 0.326 e. The molecule has 0 fully saturated rings. The molecule has 0 aliphatic heterocycles. The van der Waals surface area contributed by atoms with Crippen LogP contribution in [0.1, 0.15) is 59.3 Å². The summed E-state index contributed by atoms with van der Waals surface area (Å²) < 4.78 is 4.76. The highest BCUT2D eigenvalue weighted by atomic mass is 16.5. The van der Waals surface area contributed by atoms with Gasteiger partial charge in [-0.3, -0.25) is 9.59 Å². The van der Waals surface area contributed by atoms with Crippen LogP contribution in [-0.2, 0) is 19.1 Å². The van der Waals surface area contributed by atoms with Crippen LogP contribution in [0.2, 0.25) is 0 Å². The van der Waals surface area contributed by atoms with Gasteiger partial charge in [-0.25, -0.2) is 4.79 Å². The number of esters is 1. The summed E-state index contributed by atoms with van der Waals surface area (Å²) in [6.07, 6.45) is 3.26. The van der Waals surface area contributed by atoms with Crippen molar-refractivity contribution in [3.8, 4) is 0 Å². The maximum atomic E-state index is 12.1. The van der Waals surface area contributed by atoms with Gasteiger partial charge in [0.05, 0.1) is 6.61 Å². The second-order valence-corrected chi connectivity index (χ2v) is 5.02. The zero-order chi connectivity index (χ0) is 16.3. The predicted molar refractivity (Wildman–Crippen MR) is 78.7 cm³/mol. The van der Waals surface area contributed by atoms with E-state index < -0.39 is 18.0 Å². The van der Waals surface area contributed by atoms with E-state index in [0.29, 0.717) is 0 Å². The Morgan fingerprint density at radius 3 is 2.05 bits per heavy atom. The van der Waals surface area contributed by atoms with E-state index in [9.17, 15) is 14.4 Å². The predicted octanol–water partition coefficient (Wildman–Crippen LogP) is 2.12. The lowest BCUT2D eigenvalue weighted by molar-refractivity contribution is -0.145. The van der Waals surface area contributed by atoms with Gasteiger partial charge in [0.2, 0.25) is 5.91 Å². The number of carboxylic acids is 1. The third-order valence-electron chi connectivity index (χ3n) is 3.20. The van der Waals surface area contributed by atoms with Crippen molar-refractivity contribution in [3.05, 3.63) is 0 Å². The van der Waals surface area contributed by atoms with Gasteiger partial charge in [0.25, 0.3) is 0 Å². The first-order valence-electron chi connectivity index (χ1n) is 7.64. The molecule has 21 heavy (non-hydrogen) atoms. The number of carbonyl (C=O) groups excluding carboxylic acids is 2. The Balaban J connectivity index is 4.50. The third-order valence-corrected chi connectivity index (χ3v) is 3.20. The molecule has 0 aliphatic carbocycles. The highest BCUT2D eigenvalue weighted by Gasteiger charge is 2.25. The lowest BCUT2D eigenvalue weighted by Crippen LogP contribution is -2.44. The molecule has 0 saturated heterocycles. The third kappa shape index (κ3) is 8.32. The van der Waals surface area contributed by atoms with Crippen LogP contribution in [0.3, 0.4) is 0 Å². The largest absolute Gasteiger partial charge is 0.480 e. The minimum Gasteiger partial charge on any atom is -0.480 e. The molecule has 0 radical (unpaired) electrons. The van der Waals surface area contributed by atoms with Crippen LogP contribution in [0, 0.1) is 5.92 Å². The number of carboxylic acid groups (broad SMARTS) is 1. The molecule has 2 N–H and O–H groups in total. The van der Waals surface area contributed by atoms with Crippen molar-refractivity contribution in [2.45, 2.75) is 65.3 Å². The fourth-order valence-electron chi connectivity index (χ4n) is 2.15. The summed E-state index contributed by atoms with van der Waals surface area (Å²) in [7, 11) is 0. The molecule has 0 spiro atoms. The molecule has 1 atom stereocenters. The second-order valence-electron chi connectivity index (χ2n) is 5.02. The van der Waals surface area contributed by atoms with Crippen molar-refractivity contribution in [2.75, 3.05) is 6.61 Å². The van der Waals surface area contributed by atoms with E-state index in [-0.39, 0.29) is 31.3 Å². The number of carbonyl (C=O) groups is 3. The Bertz CT molecular complexity index is 337. The standard InChI is InChI=1S/C15H27NO5/c1-4-7-11(8-5-2)14(18)16-12(15(19)20)9-10-13(17)21-6-3/h11-12H,4-10H2,1-3H3,(H,16,18)(H,19,20)/t12-/m0/s1. The summed E-state index contributed by atoms with van der Waals surface area (Å²) in [5.41, 5.74) is 0. The summed E-state index contributed by atoms with van der Waals surface area (Å²) in [6.45, 7) is 5.93. The molecule has 122 valence electrons. The van der Waals surface area contributed by atoms with Gasteiger partial charge in [-0.05, 0) is 26.2 Å². The quantitative estimate of drug-likeness (QED) is 0.570. The van der Waals surface area contributed by atoms with Crippen molar-refractivity contribution in [3.63, 3.8) is 0 Å². The molecule has 0 rings (SSSR count).